The quantitative estimate of drug-likeness (QED) is 0.447. The molecule has 27 heavy (non-hydrogen) atoms. The van der Waals surface area contributed by atoms with Crippen LogP contribution in [0.3, 0.4) is 0 Å². The lowest BCUT2D eigenvalue weighted by Crippen LogP contribution is -2.12. The van der Waals surface area contributed by atoms with Gasteiger partial charge in [-0.1, -0.05) is 30.8 Å². The van der Waals surface area contributed by atoms with E-state index in [0.717, 1.165) is 22.0 Å². The summed E-state index contributed by atoms with van der Waals surface area (Å²) in [6.45, 7) is 3.90. The largest absolute Gasteiger partial charge is 0.322 e. The van der Waals surface area contributed by atoms with E-state index in [-0.39, 0.29) is 17.2 Å². The van der Waals surface area contributed by atoms with E-state index in [0.29, 0.717) is 10.6 Å². The van der Waals surface area contributed by atoms with E-state index in [2.05, 4.69) is 10.3 Å². The number of amides is 1. The van der Waals surface area contributed by atoms with Gasteiger partial charge in [0.1, 0.15) is 0 Å². The minimum absolute atomic E-state index is 0.109. The number of hydrogen-bond donors (Lipinski definition) is 1. The second kappa shape index (κ2) is 8.32. The summed E-state index contributed by atoms with van der Waals surface area (Å²) in [5, 5.41) is 16.2. The fourth-order valence-corrected chi connectivity index (χ4v) is 4.31. The number of hydrogen-bond acceptors (Lipinski definition) is 6. The Labute approximate surface area is 164 Å². The molecule has 0 fully saturated rings. The first kappa shape index (κ1) is 19.1. The number of nitrogens with zero attached hydrogens (tertiary/aromatic N) is 2. The molecule has 1 aromatic heterocycles. The average Bonchev–Trinajstić information content (AvgIpc) is 3.06. The molecule has 8 heteroatoms. The Morgan fingerprint density at radius 2 is 2.11 bits per heavy atom. The van der Waals surface area contributed by atoms with Crippen LogP contribution >= 0.6 is 23.1 Å². The molecule has 0 aliphatic rings. The number of aromatic nitrogens is 1. The molecule has 0 aliphatic heterocycles. The van der Waals surface area contributed by atoms with E-state index in [1.165, 1.54) is 29.2 Å². The van der Waals surface area contributed by atoms with E-state index < -0.39 is 4.92 Å². The first-order valence-corrected chi connectivity index (χ1v) is 9.94. The predicted octanol–water partition coefficient (Wildman–Crippen LogP) is 5.33. The van der Waals surface area contributed by atoms with Crippen molar-refractivity contribution >= 4 is 40.4 Å². The zero-order valence-electron chi connectivity index (χ0n) is 14.8. The Bertz CT molecular complexity index is 1000. The van der Waals surface area contributed by atoms with E-state index in [1.807, 2.05) is 37.4 Å². The van der Waals surface area contributed by atoms with Crippen LogP contribution < -0.4 is 5.32 Å². The maximum atomic E-state index is 12.5. The van der Waals surface area contributed by atoms with Crippen LogP contribution in [0, 0.1) is 17.0 Å². The van der Waals surface area contributed by atoms with Gasteiger partial charge in [-0.3, -0.25) is 14.9 Å². The lowest BCUT2D eigenvalue weighted by molar-refractivity contribution is -0.387. The van der Waals surface area contributed by atoms with Gasteiger partial charge in [0.05, 0.1) is 9.82 Å². The molecular weight excluding hydrogens is 382 g/mol. The molecule has 0 saturated heterocycles. The minimum Gasteiger partial charge on any atom is -0.322 e. The lowest BCUT2D eigenvalue weighted by atomic mass is 10.1. The van der Waals surface area contributed by atoms with Gasteiger partial charge in [-0.15, -0.1) is 11.3 Å². The normalized spacial score (nSPS) is 10.6. The molecule has 3 aromatic rings. The van der Waals surface area contributed by atoms with Crippen LogP contribution in [-0.2, 0) is 6.42 Å². The molecule has 6 nitrogen and oxygen atoms in total. The molecule has 0 bridgehead atoms. The van der Waals surface area contributed by atoms with Gasteiger partial charge in [0.2, 0.25) is 0 Å². The highest BCUT2D eigenvalue weighted by atomic mass is 32.2. The second-order valence-corrected chi connectivity index (χ2v) is 7.95. The van der Waals surface area contributed by atoms with Crippen LogP contribution in [0.4, 0.5) is 11.4 Å². The molecule has 0 aliphatic carbocycles. The van der Waals surface area contributed by atoms with E-state index in [1.54, 1.807) is 18.2 Å². The average molecular weight is 399 g/mol. The lowest BCUT2D eigenvalue weighted by Gasteiger charge is -2.08. The first-order valence-electron chi connectivity index (χ1n) is 8.25. The predicted molar refractivity (Wildman–Crippen MR) is 108 cm³/mol. The number of carbonyl (C=O) groups is 1. The molecule has 0 unspecified atom stereocenters. The smallest absolute Gasteiger partial charge is 0.284 e. The summed E-state index contributed by atoms with van der Waals surface area (Å²) >= 11 is 2.66. The third-order valence-electron chi connectivity index (χ3n) is 3.81. The van der Waals surface area contributed by atoms with Crippen molar-refractivity contribution in [3.8, 4) is 0 Å². The molecular formula is C19H17N3O3S2. The van der Waals surface area contributed by atoms with Crippen molar-refractivity contribution < 1.29 is 9.72 Å². The molecule has 0 spiro atoms. The second-order valence-electron chi connectivity index (χ2n) is 5.80. The topological polar surface area (TPSA) is 85.1 Å². The number of carbonyl (C=O) groups excluding carboxylic acids is 1. The number of thiazole rings is 1. The van der Waals surface area contributed by atoms with E-state index in [9.17, 15) is 14.9 Å². The Balaban J connectivity index is 1.84. The van der Waals surface area contributed by atoms with Crippen molar-refractivity contribution in [2.45, 2.75) is 29.5 Å². The number of nitro benzene ring substituents is 1. The van der Waals surface area contributed by atoms with Gasteiger partial charge in [-0.05, 0) is 43.2 Å². The molecule has 138 valence electrons. The number of rotatable bonds is 6. The van der Waals surface area contributed by atoms with Gasteiger partial charge >= 0.3 is 0 Å². The molecule has 1 heterocycles. The van der Waals surface area contributed by atoms with E-state index in [4.69, 9.17) is 0 Å². The minimum atomic E-state index is -0.475. The van der Waals surface area contributed by atoms with Crippen molar-refractivity contribution in [1.82, 2.24) is 4.98 Å². The Morgan fingerprint density at radius 3 is 2.78 bits per heavy atom. The van der Waals surface area contributed by atoms with Crippen molar-refractivity contribution in [2.24, 2.45) is 0 Å². The molecule has 0 saturated carbocycles. The highest BCUT2D eigenvalue weighted by Crippen LogP contribution is 2.36. The Morgan fingerprint density at radius 1 is 1.30 bits per heavy atom. The summed E-state index contributed by atoms with van der Waals surface area (Å²) in [6, 6.07) is 12.0. The summed E-state index contributed by atoms with van der Waals surface area (Å²) in [4.78, 5) is 28.3. The summed E-state index contributed by atoms with van der Waals surface area (Å²) in [5.74, 6) is -0.381. The SMILES string of the molecule is CCc1cccc(NC(=O)c2ccc(Sc3nc(C)cs3)c([N+](=O)[O-])c2)c1. The van der Waals surface area contributed by atoms with Gasteiger partial charge < -0.3 is 5.32 Å². The van der Waals surface area contributed by atoms with E-state index >= 15 is 0 Å². The standard InChI is InChI=1S/C19H17N3O3S2/c1-3-13-5-4-6-15(9-13)21-18(23)14-7-8-17(16(10-14)22(24)25)27-19-20-12(2)11-26-19/h4-11H,3H2,1-2H3,(H,21,23). The van der Waals surface area contributed by atoms with Crippen LogP contribution in [0.2, 0.25) is 0 Å². The van der Waals surface area contributed by atoms with Gasteiger partial charge in [0, 0.05) is 28.4 Å². The summed E-state index contributed by atoms with van der Waals surface area (Å²) in [7, 11) is 0. The van der Waals surface area contributed by atoms with Gasteiger partial charge in [0.25, 0.3) is 11.6 Å². The number of nitro groups is 1. The maximum Gasteiger partial charge on any atom is 0.284 e. The van der Waals surface area contributed by atoms with Gasteiger partial charge in [-0.2, -0.15) is 0 Å². The van der Waals surface area contributed by atoms with Crippen LogP contribution in [0.5, 0.6) is 0 Å². The van der Waals surface area contributed by atoms with Crippen molar-refractivity contribution in [3.05, 3.63) is 74.8 Å². The third-order valence-corrected chi connectivity index (χ3v) is 5.93. The van der Waals surface area contributed by atoms with Crippen LogP contribution in [0.25, 0.3) is 0 Å². The highest BCUT2D eigenvalue weighted by molar-refractivity contribution is 8.01. The Kier molecular flexibility index (Phi) is 5.88. The molecule has 0 atom stereocenters. The summed E-state index contributed by atoms with van der Waals surface area (Å²) < 4.78 is 0.726. The van der Waals surface area contributed by atoms with Crippen molar-refractivity contribution in [3.63, 3.8) is 0 Å². The van der Waals surface area contributed by atoms with Gasteiger partial charge in [-0.25, -0.2) is 4.98 Å². The fourth-order valence-electron chi connectivity index (χ4n) is 2.43. The molecule has 3 rings (SSSR count). The maximum absolute atomic E-state index is 12.5. The van der Waals surface area contributed by atoms with Crippen LogP contribution in [-0.4, -0.2) is 15.8 Å². The van der Waals surface area contributed by atoms with Gasteiger partial charge in [0.15, 0.2) is 4.34 Å². The number of nitrogens with one attached hydrogen (secondary N) is 1. The van der Waals surface area contributed by atoms with Crippen LogP contribution in [0.15, 0.2) is 57.1 Å². The highest BCUT2D eigenvalue weighted by Gasteiger charge is 2.19. The zero-order chi connectivity index (χ0) is 19.4. The fraction of sp³-hybridized carbons (Fsp3) is 0.158. The van der Waals surface area contributed by atoms with Crippen molar-refractivity contribution in [2.75, 3.05) is 5.32 Å². The van der Waals surface area contributed by atoms with Crippen LogP contribution in [0.1, 0.15) is 28.5 Å². The first-order chi connectivity index (χ1) is 13.0. The Hall–Kier alpha value is -2.71. The molecule has 0 radical (unpaired) electrons. The number of benzene rings is 2. The molecule has 1 N–H and O–H groups in total. The van der Waals surface area contributed by atoms with Crippen molar-refractivity contribution in [1.29, 1.82) is 0 Å². The number of anilines is 1. The monoisotopic (exact) mass is 399 g/mol. The number of aryl methyl sites for hydroxylation is 2. The summed E-state index contributed by atoms with van der Waals surface area (Å²) in [5.41, 5.74) is 2.77. The summed E-state index contributed by atoms with van der Waals surface area (Å²) in [6.07, 6.45) is 0.858. The molecule has 2 aromatic carbocycles. The third kappa shape index (κ3) is 4.72. The molecule has 1 amide bonds. The zero-order valence-corrected chi connectivity index (χ0v) is 16.4.